The van der Waals surface area contributed by atoms with Gasteiger partial charge in [-0.2, -0.15) is 0 Å². The smallest absolute Gasteiger partial charge is 0.138 e. The molecular weight excluding hydrogens is 260 g/mol. The third-order valence-electron chi connectivity index (χ3n) is 3.65. The third-order valence-corrected chi connectivity index (χ3v) is 3.95. The van der Waals surface area contributed by atoms with E-state index in [1.165, 1.54) is 0 Å². The molecule has 1 heterocycles. The number of rotatable bonds is 2. The lowest BCUT2D eigenvalue weighted by Crippen LogP contribution is -2.48. The first-order valence-corrected chi connectivity index (χ1v) is 7.21. The van der Waals surface area contributed by atoms with Crippen LogP contribution in [-0.4, -0.2) is 36.2 Å². The van der Waals surface area contributed by atoms with Gasteiger partial charge in [0, 0.05) is 37.8 Å². The van der Waals surface area contributed by atoms with E-state index in [4.69, 9.17) is 11.6 Å². The number of phenolic OH excluding ortho intramolecular Hbond substituents is 1. The Morgan fingerprint density at radius 3 is 2.47 bits per heavy atom. The molecule has 0 aliphatic carbocycles. The van der Waals surface area contributed by atoms with Gasteiger partial charge >= 0.3 is 0 Å². The van der Waals surface area contributed by atoms with Crippen molar-refractivity contribution in [2.75, 3.05) is 26.2 Å². The molecule has 0 aromatic heterocycles. The molecule has 1 aliphatic heterocycles. The lowest BCUT2D eigenvalue weighted by atomic mass is 9.80. The van der Waals surface area contributed by atoms with Crippen molar-refractivity contribution >= 4 is 11.6 Å². The van der Waals surface area contributed by atoms with Gasteiger partial charge in [0.25, 0.3) is 0 Å². The molecule has 1 aromatic carbocycles. The highest BCUT2D eigenvalue weighted by atomic mass is 35.5. The molecule has 2 N–H and O–H groups in total. The van der Waals surface area contributed by atoms with Crippen molar-refractivity contribution in [3.63, 3.8) is 0 Å². The van der Waals surface area contributed by atoms with Gasteiger partial charge in [0.1, 0.15) is 5.75 Å². The molecule has 1 atom stereocenters. The van der Waals surface area contributed by atoms with E-state index in [0.29, 0.717) is 5.02 Å². The highest BCUT2D eigenvalue weighted by Crippen LogP contribution is 2.43. The van der Waals surface area contributed by atoms with Crippen LogP contribution in [0.1, 0.15) is 32.4 Å². The fourth-order valence-corrected chi connectivity index (χ4v) is 3.09. The SMILES string of the molecule is CC(C)(C)[C@@H](c1cccc(Cl)c1O)N1CCNCC1. The second kappa shape index (κ2) is 5.70. The average Bonchev–Trinajstić information content (AvgIpc) is 2.35. The van der Waals surface area contributed by atoms with Crippen molar-refractivity contribution < 1.29 is 5.11 Å². The monoisotopic (exact) mass is 282 g/mol. The Hall–Kier alpha value is -0.770. The van der Waals surface area contributed by atoms with Crippen LogP contribution >= 0.6 is 11.6 Å². The first-order chi connectivity index (χ1) is 8.91. The average molecular weight is 283 g/mol. The summed E-state index contributed by atoms with van der Waals surface area (Å²) in [7, 11) is 0. The summed E-state index contributed by atoms with van der Waals surface area (Å²) in [6.07, 6.45) is 0. The minimum absolute atomic E-state index is 0.0412. The predicted octanol–water partition coefficient (Wildman–Crippen LogP) is 3.04. The van der Waals surface area contributed by atoms with Crippen molar-refractivity contribution in [3.05, 3.63) is 28.8 Å². The highest BCUT2D eigenvalue weighted by molar-refractivity contribution is 6.32. The van der Waals surface area contributed by atoms with Crippen molar-refractivity contribution in [3.8, 4) is 5.75 Å². The van der Waals surface area contributed by atoms with Crippen LogP contribution in [0.3, 0.4) is 0 Å². The lowest BCUT2D eigenvalue weighted by Gasteiger charge is -2.42. The number of piperazine rings is 1. The summed E-state index contributed by atoms with van der Waals surface area (Å²) >= 11 is 6.07. The molecule has 0 bridgehead atoms. The summed E-state index contributed by atoms with van der Waals surface area (Å²) in [5, 5.41) is 14.1. The van der Waals surface area contributed by atoms with Crippen LogP contribution in [0.15, 0.2) is 18.2 Å². The zero-order chi connectivity index (χ0) is 14.0. The van der Waals surface area contributed by atoms with Crippen molar-refractivity contribution in [2.24, 2.45) is 5.41 Å². The summed E-state index contributed by atoms with van der Waals surface area (Å²) < 4.78 is 0. The third kappa shape index (κ3) is 3.22. The van der Waals surface area contributed by atoms with E-state index in [-0.39, 0.29) is 17.2 Å². The molecule has 4 heteroatoms. The van der Waals surface area contributed by atoms with Crippen LogP contribution in [0.5, 0.6) is 5.75 Å². The summed E-state index contributed by atoms with van der Waals surface area (Å²) in [6, 6.07) is 5.81. The Labute approximate surface area is 120 Å². The van der Waals surface area contributed by atoms with Crippen LogP contribution in [0.4, 0.5) is 0 Å². The Bertz CT molecular complexity index is 436. The van der Waals surface area contributed by atoms with E-state index < -0.39 is 0 Å². The van der Waals surface area contributed by atoms with Gasteiger partial charge < -0.3 is 10.4 Å². The molecule has 1 aromatic rings. The number of halogens is 1. The van der Waals surface area contributed by atoms with E-state index in [0.717, 1.165) is 31.7 Å². The number of nitrogens with zero attached hydrogens (tertiary/aromatic N) is 1. The number of hydrogen-bond donors (Lipinski definition) is 2. The first-order valence-electron chi connectivity index (χ1n) is 6.83. The Kier molecular flexibility index (Phi) is 4.39. The first kappa shape index (κ1) is 14.6. The zero-order valence-corrected chi connectivity index (χ0v) is 12.7. The maximum Gasteiger partial charge on any atom is 0.138 e. The number of hydrogen-bond acceptors (Lipinski definition) is 3. The summed E-state index contributed by atoms with van der Waals surface area (Å²) in [5.41, 5.74) is 0.973. The van der Waals surface area contributed by atoms with Gasteiger partial charge in [-0.25, -0.2) is 0 Å². The van der Waals surface area contributed by atoms with Gasteiger partial charge in [-0.05, 0) is 11.5 Å². The Morgan fingerprint density at radius 2 is 1.89 bits per heavy atom. The molecule has 1 aliphatic rings. The van der Waals surface area contributed by atoms with E-state index in [1.807, 2.05) is 12.1 Å². The van der Waals surface area contributed by atoms with Gasteiger partial charge in [-0.15, -0.1) is 0 Å². The fraction of sp³-hybridized carbons (Fsp3) is 0.600. The van der Waals surface area contributed by atoms with Crippen molar-refractivity contribution in [2.45, 2.75) is 26.8 Å². The molecule has 19 heavy (non-hydrogen) atoms. The summed E-state index contributed by atoms with van der Waals surface area (Å²) in [4.78, 5) is 2.43. The summed E-state index contributed by atoms with van der Waals surface area (Å²) in [6.45, 7) is 10.6. The normalized spacial score (nSPS) is 19.4. The second-order valence-electron chi connectivity index (χ2n) is 6.23. The van der Waals surface area contributed by atoms with Gasteiger partial charge in [0.15, 0.2) is 0 Å². The Morgan fingerprint density at radius 1 is 1.26 bits per heavy atom. The standard InChI is InChI=1S/C15H23ClN2O/c1-15(2,3)14(18-9-7-17-8-10-18)11-5-4-6-12(16)13(11)19/h4-6,14,17,19H,7-10H2,1-3H3/t14-/m1/s1. The van der Waals surface area contributed by atoms with Crippen LogP contribution < -0.4 is 5.32 Å². The molecule has 0 unspecified atom stereocenters. The molecule has 3 nitrogen and oxygen atoms in total. The van der Waals surface area contributed by atoms with Gasteiger partial charge in [0.2, 0.25) is 0 Å². The van der Waals surface area contributed by atoms with Gasteiger partial charge in [-0.1, -0.05) is 44.5 Å². The van der Waals surface area contributed by atoms with Crippen molar-refractivity contribution in [1.82, 2.24) is 10.2 Å². The molecule has 1 saturated heterocycles. The van der Waals surface area contributed by atoms with E-state index in [2.05, 4.69) is 31.0 Å². The zero-order valence-electron chi connectivity index (χ0n) is 11.9. The fourth-order valence-electron chi connectivity index (χ4n) is 2.90. The molecule has 0 radical (unpaired) electrons. The predicted molar refractivity (Wildman–Crippen MR) is 79.8 cm³/mol. The maximum absolute atomic E-state index is 10.3. The van der Waals surface area contributed by atoms with Gasteiger partial charge in [0.05, 0.1) is 5.02 Å². The minimum Gasteiger partial charge on any atom is -0.506 e. The Balaban J connectivity index is 2.40. The largest absolute Gasteiger partial charge is 0.506 e. The lowest BCUT2D eigenvalue weighted by molar-refractivity contribution is 0.0842. The van der Waals surface area contributed by atoms with E-state index >= 15 is 0 Å². The number of benzene rings is 1. The van der Waals surface area contributed by atoms with Gasteiger partial charge in [-0.3, -0.25) is 4.90 Å². The quantitative estimate of drug-likeness (QED) is 0.875. The molecule has 2 rings (SSSR count). The number of nitrogens with one attached hydrogen (secondary N) is 1. The van der Waals surface area contributed by atoms with E-state index in [1.54, 1.807) is 6.07 Å². The van der Waals surface area contributed by atoms with E-state index in [9.17, 15) is 5.11 Å². The molecule has 0 saturated carbocycles. The summed E-state index contributed by atoms with van der Waals surface area (Å²) in [5.74, 6) is 0.225. The molecular formula is C15H23ClN2O. The van der Waals surface area contributed by atoms with Crippen LogP contribution in [0, 0.1) is 5.41 Å². The maximum atomic E-state index is 10.3. The van der Waals surface area contributed by atoms with Crippen LogP contribution in [0.25, 0.3) is 0 Å². The topological polar surface area (TPSA) is 35.5 Å². The minimum atomic E-state index is 0.0412. The number of para-hydroxylation sites is 1. The number of aromatic hydroxyl groups is 1. The highest BCUT2D eigenvalue weighted by Gasteiger charge is 2.34. The molecule has 0 amide bonds. The molecule has 106 valence electrons. The second-order valence-corrected chi connectivity index (χ2v) is 6.64. The number of phenols is 1. The molecule has 1 fully saturated rings. The van der Waals surface area contributed by atoms with Crippen LogP contribution in [0.2, 0.25) is 5.02 Å². The van der Waals surface area contributed by atoms with Crippen molar-refractivity contribution in [1.29, 1.82) is 0 Å². The van der Waals surface area contributed by atoms with Crippen LogP contribution in [-0.2, 0) is 0 Å². The molecule has 0 spiro atoms.